The van der Waals surface area contributed by atoms with Gasteiger partial charge in [0.05, 0.1) is 12.0 Å². The van der Waals surface area contributed by atoms with Gasteiger partial charge in [-0.1, -0.05) is 38.3 Å². The Morgan fingerprint density at radius 1 is 1.19 bits per heavy atom. The number of nitrogens with one attached hydrogen (secondary N) is 3. The second-order valence-corrected chi connectivity index (χ2v) is 8.89. The van der Waals surface area contributed by atoms with Gasteiger partial charge in [-0.05, 0) is 49.4 Å². The number of rotatable bonds is 8. The summed E-state index contributed by atoms with van der Waals surface area (Å²) in [4.78, 5) is 49.8. The number of hydrogen-bond acceptors (Lipinski definition) is 6. The average molecular weight is 463 g/mol. The first-order valence-corrected chi connectivity index (χ1v) is 11.1. The zero-order valence-corrected chi connectivity index (χ0v) is 18.8. The third-order valence-corrected chi connectivity index (χ3v) is 5.77. The van der Waals surface area contributed by atoms with Crippen molar-refractivity contribution in [2.75, 3.05) is 0 Å². The van der Waals surface area contributed by atoms with Gasteiger partial charge in [-0.25, -0.2) is 9.89 Å². The Balaban J connectivity index is 1.71. The van der Waals surface area contributed by atoms with Crippen molar-refractivity contribution in [3.8, 4) is 0 Å². The van der Waals surface area contributed by atoms with E-state index in [0.29, 0.717) is 29.8 Å². The van der Waals surface area contributed by atoms with Crippen molar-refractivity contribution < 1.29 is 18.8 Å². The van der Waals surface area contributed by atoms with E-state index in [9.17, 15) is 19.2 Å². The molecule has 0 radical (unpaired) electrons. The Hall–Kier alpha value is -2.94. The lowest BCUT2D eigenvalue weighted by molar-refractivity contribution is -0.127. The zero-order chi connectivity index (χ0) is 23.3. The number of benzene rings is 1. The first-order valence-electron chi connectivity index (χ1n) is 10.7. The maximum atomic E-state index is 13.2. The molecule has 1 saturated carbocycles. The molecule has 1 fully saturated rings. The highest BCUT2D eigenvalue weighted by Gasteiger charge is 2.35. The summed E-state index contributed by atoms with van der Waals surface area (Å²) in [6.45, 7) is 3.84. The molecule has 1 aromatic heterocycles. The van der Waals surface area contributed by atoms with Crippen LogP contribution in [0.15, 0.2) is 33.5 Å². The predicted molar refractivity (Wildman–Crippen MR) is 118 cm³/mol. The van der Waals surface area contributed by atoms with Gasteiger partial charge < -0.3 is 15.1 Å². The van der Waals surface area contributed by atoms with Crippen LogP contribution in [-0.4, -0.2) is 39.9 Å². The van der Waals surface area contributed by atoms with Crippen LogP contribution >= 0.6 is 11.6 Å². The van der Waals surface area contributed by atoms with E-state index in [4.69, 9.17) is 16.0 Å². The highest BCUT2D eigenvalue weighted by molar-refractivity contribution is 6.30. The van der Waals surface area contributed by atoms with Gasteiger partial charge in [-0.15, -0.1) is 5.10 Å². The maximum absolute atomic E-state index is 13.2. The molecule has 0 bridgehead atoms. The van der Waals surface area contributed by atoms with E-state index in [1.54, 1.807) is 24.3 Å². The van der Waals surface area contributed by atoms with Crippen LogP contribution in [0.2, 0.25) is 5.02 Å². The van der Waals surface area contributed by atoms with Crippen molar-refractivity contribution in [1.82, 2.24) is 20.8 Å². The fourth-order valence-corrected chi connectivity index (χ4v) is 4.06. The van der Waals surface area contributed by atoms with Gasteiger partial charge >= 0.3 is 5.76 Å². The van der Waals surface area contributed by atoms with Crippen LogP contribution in [0.3, 0.4) is 0 Å². The van der Waals surface area contributed by atoms with Gasteiger partial charge in [0.1, 0.15) is 0 Å². The van der Waals surface area contributed by atoms with Crippen LogP contribution in [0.25, 0.3) is 0 Å². The zero-order valence-electron chi connectivity index (χ0n) is 18.0. The molecular formula is C22H27ClN4O5. The SMILES string of the molecule is CC(C)C[C@H](NC(=O)[C@@H]1CCCC[C@@H]1NC(=O)c1ccc(Cl)cc1)C(=O)c1n[nH]c(=O)o1. The van der Waals surface area contributed by atoms with Crippen LogP contribution < -0.4 is 16.4 Å². The van der Waals surface area contributed by atoms with E-state index in [0.717, 1.165) is 12.8 Å². The summed E-state index contributed by atoms with van der Waals surface area (Å²) in [5.74, 6) is -2.74. The predicted octanol–water partition coefficient (Wildman–Crippen LogP) is 2.72. The molecule has 0 saturated heterocycles. The Labute approximate surface area is 190 Å². The number of aromatic nitrogens is 2. The van der Waals surface area contributed by atoms with E-state index in [1.807, 2.05) is 13.8 Å². The lowest BCUT2D eigenvalue weighted by Gasteiger charge is -2.32. The third kappa shape index (κ3) is 6.06. The second kappa shape index (κ2) is 10.6. The highest BCUT2D eigenvalue weighted by atomic mass is 35.5. The molecule has 1 aliphatic carbocycles. The van der Waals surface area contributed by atoms with Crippen molar-refractivity contribution in [2.45, 2.75) is 58.0 Å². The summed E-state index contributed by atoms with van der Waals surface area (Å²) in [5.41, 5.74) is 0.459. The van der Waals surface area contributed by atoms with Gasteiger partial charge in [-0.3, -0.25) is 14.4 Å². The standard InChI is InChI=1S/C22H27ClN4O5/c1-12(2)11-17(18(28)21-26-27-22(31)32-21)25-20(30)15-5-3-4-6-16(15)24-19(29)13-7-9-14(23)10-8-13/h7-10,12,15-17H,3-6,11H2,1-2H3,(H,24,29)(H,25,30)(H,27,31)/t15-,16+,17+/m1/s1. The Morgan fingerprint density at radius 2 is 1.88 bits per heavy atom. The average Bonchev–Trinajstić information content (AvgIpc) is 3.19. The quantitative estimate of drug-likeness (QED) is 0.516. The molecule has 3 atom stereocenters. The number of carbonyl (C=O) groups excluding carboxylic acids is 3. The second-order valence-electron chi connectivity index (χ2n) is 8.45. The number of hydrogen-bond donors (Lipinski definition) is 3. The highest BCUT2D eigenvalue weighted by Crippen LogP contribution is 2.26. The van der Waals surface area contributed by atoms with Crippen LogP contribution in [0.1, 0.15) is 67.0 Å². The van der Waals surface area contributed by atoms with Crippen molar-refractivity contribution >= 4 is 29.2 Å². The largest absolute Gasteiger partial charge is 0.434 e. The normalized spacial score (nSPS) is 19.4. The summed E-state index contributed by atoms with van der Waals surface area (Å²) >= 11 is 5.89. The van der Waals surface area contributed by atoms with Crippen molar-refractivity contribution in [3.05, 3.63) is 51.3 Å². The van der Waals surface area contributed by atoms with E-state index < -0.39 is 23.5 Å². The fraction of sp³-hybridized carbons (Fsp3) is 0.500. The smallest absolute Gasteiger partial charge is 0.384 e. The maximum Gasteiger partial charge on any atom is 0.434 e. The summed E-state index contributed by atoms with van der Waals surface area (Å²) < 4.78 is 4.78. The summed E-state index contributed by atoms with van der Waals surface area (Å²) in [5, 5.41) is 11.9. The number of amides is 2. The molecule has 0 unspecified atom stereocenters. The van der Waals surface area contributed by atoms with Gasteiger partial charge in [0.25, 0.3) is 11.8 Å². The van der Waals surface area contributed by atoms with E-state index in [-0.39, 0.29) is 29.7 Å². The molecule has 1 aromatic carbocycles. The number of H-pyrrole nitrogens is 1. The molecular weight excluding hydrogens is 436 g/mol. The molecule has 10 heteroatoms. The molecule has 172 valence electrons. The van der Waals surface area contributed by atoms with Crippen molar-refractivity contribution in [2.24, 2.45) is 11.8 Å². The van der Waals surface area contributed by atoms with E-state index in [1.165, 1.54) is 0 Å². The Morgan fingerprint density at radius 3 is 2.50 bits per heavy atom. The van der Waals surface area contributed by atoms with Gasteiger partial charge in [0.2, 0.25) is 11.7 Å². The first kappa shape index (κ1) is 23.7. The summed E-state index contributed by atoms with van der Waals surface area (Å²) in [7, 11) is 0. The summed E-state index contributed by atoms with van der Waals surface area (Å²) in [6, 6.07) is 5.29. The molecule has 3 N–H and O–H groups in total. The van der Waals surface area contributed by atoms with Crippen LogP contribution in [0, 0.1) is 11.8 Å². The Kier molecular flexibility index (Phi) is 7.84. The molecule has 1 heterocycles. The van der Waals surface area contributed by atoms with E-state index >= 15 is 0 Å². The molecule has 9 nitrogen and oxygen atoms in total. The molecule has 2 aromatic rings. The van der Waals surface area contributed by atoms with Crippen molar-refractivity contribution in [1.29, 1.82) is 0 Å². The molecule has 0 aliphatic heterocycles. The minimum atomic E-state index is -0.886. The van der Waals surface area contributed by atoms with Crippen molar-refractivity contribution in [3.63, 3.8) is 0 Å². The fourth-order valence-electron chi connectivity index (χ4n) is 3.94. The van der Waals surface area contributed by atoms with Gasteiger partial charge in [0.15, 0.2) is 0 Å². The van der Waals surface area contributed by atoms with Gasteiger partial charge in [-0.2, -0.15) is 0 Å². The number of halogens is 1. The number of carbonyl (C=O) groups is 3. The van der Waals surface area contributed by atoms with Crippen LogP contribution in [0.5, 0.6) is 0 Å². The molecule has 3 rings (SSSR count). The number of Topliss-reactive ketones (excluding diaryl/α,β-unsaturated/α-hetero) is 1. The molecule has 32 heavy (non-hydrogen) atoms. The lowest BCUT2D eigenvalue weighted by Crippen LogP contribution is -2.52. The third-order valence-electron chi connectivity index (χ3n) is 5.51. The topological polar surface area (TPSA) is 134 Å². The van der Waals surface area contributed by atoms with Gasteiger partial charge in [0, 0.05) is 16.6 Å². The summed E-state index contributed by atoms with van der Waals surface area (Å²) in [6.07, 6.45) is 3.35. The number of aromatic amines is 1. The molecule has 1 aliphatic rings. The minimum absolute atomic E-state index is 0.0988. The first-order chi connectivity index (χ1) is 15.2. The Bertz CT molecular complexity index is 1010. The van der Waals surface area contributed by atoms with Crippen LogP contribution in [0.4, 0.5) is 0 Å². The molecule has 2 amide bonds. The monoisotopic (exact) mass is 462 g/mol. The number of ketones is 1. The van der Waals surface area contributed by atoms with E-state index in [2.05, 4.69) is 20.8 Å². The minimum Gasteiger partial charge on any atom is -0.384 e. The number of nitrogens with zero attached hydrogens (tertiary/aromatic N) is 1. The van der Waals surface area contributed by atoms with Crippen LogP contribution in [-0.2, 0) is 4.79 Å². The molecule has 0 spiro atoms. The lowest BCUT2D eigenvalue weighted by atomic mass is 9.83.